The summed E-state index contributed by atoms with van der Waals surface area (Å²) in [6, 6.07) is 6.83. The first kappa shape index (κ1) is 14.5. The zero-order valence-corrected chi connectivity index (χ0v) is 11.3. The normalized spacial score (nSPS) is 18.9. The summed E-state index contributed by atoms with van der Waals surface area (Å²) < 4.78 is 0. The number of anilines is 1. The van der Waals surface area contributed by atoms with Gasteiger partial charge in [-0.3, -0.25) is 14.5 Å². The molecule has 0 saturated carbocycles. The van der Waals surface area contributed by atoms with E-state index in [1.165, 1.54) is 0 Å². The average molecular weight is 276 g/mol. The smallest absolute Gasteiger partial charge is 0.248 e. The van der Waals surface area contributed by atoms with Gasteiger partial charge in [0, 0.05) is 23.8 Å². The fourth-order valence-corrected chi connectivity index (χ4v) is 2.47. The lowest BCUT2D eigenvalue weighted by Gasteiger charge is -2.22. The second-order valence-electron chi connectivity index (χ2n) is 4.99. The Morgan fingerprint density at radius 1 is 1.30 bits per heavy atom. The first-order valence-electron chi connectivity index (χ1n) is 6.74. The quantitative estimate of drug-likeness (QED) is 0.712. The van der Waals surface area contributed by atoms with Crippen LogP contribution >= 0.6 is 0 Å². The van der Waals surface area contributed by atoms with Crippen LogP contribution in [0.5, 0.6) is 0 Å². The van der Waals surface area contributed by atoms with Crippen LogP contribution in [0.25, 0.3) is 0 Å². The molecule has 0 spiro atoms. The fraction of sp³-hybridized carbons (Fsp3) is 0.429. The van der Waals surface area contributed by atoms with E-state index in [-0.39, 0.29) is 5.91 Å². The largest absolute Gasteiger partial charge is 0.366 e. The third-order valence-electron chi connectivity index (χ3n) is 3.57. The molecule has 108 valence electrons. The standard InChI is InChI=1S/C14H20N4O2/c15-8-12-2-1-7-18(12)9-13(19)17-11-5-3-10(4-6-11)14(16)20/h3-6,12H,1-2,7-9,15H2,(H2,16,20)(H,17,19). The first-order chi connectivity index (χ1) is 9.60. The third-order valence-corrected chi connectivity index (χ3v) is 3.57. The SMILES string of the molecule is NCC1CCCN1CC(=O)Nc1ccc(C(N)=O)cc1. The Bertz CT molecular complexity index is 486. The number of nitrogens with zero attached hydrogens (tertiary/aromatic N) is 1. The Hall–Kier alpha value is -1.92. The van der Waals surface area contributed by atoms with Crippen molar-refractivity contribution in [2.75, 3.05) is 25.0 Å². The van der Waals surface area contributed by atoms with E-state index >= 15 is 0 Å². The molecular formula is C14H20N4O2. The van der Waals surface area contributed by atoms with E-state index in [2.05, 4.69) is 10.2 Å². The van der Waals surface area contributed by atoms with Crippen LogP contribution in [-0.4, -0.2) is 42.4 Å². The lowest BCUT2D eigenvalue weighted by atomic mass is 10.2. The number of rotatable bonds is 5. The molecule has 1 aliphatic rings. The van der Waals surface area contributed by atoms with Gasteiger partial charge in [0.1, 0.15) is 0 Å². The van der Waals surface area contributed by atoms with Crippen LogP contribution in [0, 0.1) is 0 Å². The number of likely N-dealkylation sites (tertiary alicyclic amines) is 1. The van der Waals surface area contributed by atoms with E-state index < -0.39 is 5.91 Å². The number of amides is 2. The Labute approximate surface area is 118 Å². The highest BCUT2D eigenvalue weighted by molar-refractivity contribution is 5.95. The molecule has 6 heteroatoms. The molecule has 1 unspecified atom stereocenters. The molecule has 0 radical (unpaired) electrons. The predicted molar refractivity (Wildman–Crippen MR) is 77.2 cm³/mol. The van der Waals surface area contributed by atoms with E-state index in [0.717, 1.165) is 19.4 Å². The van der Waals surface area contributed by atoms with Crippen LogP contribution in [0.15, 0.2) is 24.3 Å². The van der Waals surface area contributed by atoms with E-state index in [0.29, 0.717) is 30.4 Å². The van der Waals surface area contributed by atoms with Crippen molar-refractivity contribution >= 4 is 17.5 Å². The van der Waals surface area contributed by atoms with Gasteiger partial charge in [0.05, 0.1) is 6.54 Å². The zero-order chi connectivity index (χ0) is 14.5. The molecule has 2 amide bonds. The maximum atomic E-state index is 12.0. The van der Waals surface area contributed by atoms with Crippen molar-refractivity contribution in [3.05, 3.63) is 29.8 Å². The Morgan fingerprint density at radius 2 is 2.00 bits per heavy atom. The Morgan fingerprint density at radius 3 is 2.60 bits per heavy atom. The van der Waals surface area contributed by atoms with Gasteiger partial charge in [-0.05, 0) is 43.7 Å². The molecule has 1 aliphatic heterocycles. The lowest BCUT2D eigenvalue weighted by molar-refractivity contribution is -0.117. The molecule has 2 rings (SSSR count). The zero-order valence-electron chi connectivity index (χ0n) is 11.3. The number of benzene rings is 1. The molecule has 0 aliphatic carbocycles. The summed E-state index contributed by atoms with van der Waals surface area (Å²) in [5.74, 6) is -0.553. The molecule has 0 bridgehead atoms. The number of primary amides is 1. The van der Waals surface area contributed by atoms with Crippen LogP contribution in [-0.2, 0) is 4.79 Å². The number of carbonyl (C=O) groups excluding carboxylic acids is 2. The summed E-state index contributed by atoms with van der Waals surface area (Å²) in [5, 5.41) is 2.81. The molecule has 1 atom stereocenters. The topological polar surface area (TPSA) is 101 Å². The monoisotopic (exact) mass is 276 g/mol. The molecule has 5 N–H and O–H groups in total. The van der Waals surface area contributed by atoms with Gasteiger partial charge in [-0.2, -0.15) is 0 Å². The maximum Gasteiger partial charge on any atom is 0.248 e. The predicted octanol–water partition coefficient (Wildman–Crippen LogP) is 0.147. The summed E-state index contributed by atoms with van der Waals surface area (Å²) in [7, 11) is 0. The molecule has 1 fully saturated rings. The molecule has 1 aromatic rings. The molecule has 20 heavy (non-hydrogen) atoms. The van der Waals surface area contributed by atoms with Crippen LogP contribution in [0.4, 0.5) is 5.69 Å². The van der Waals surface area contributed by atoms with Gasteiger partial charge in [-0.15, -0.1) is 0 Å². The summed E-state index contributed by atoms with van der Waals surface area (Å²) in [6.07, 6.45) is 2.14. The number of nitrogens with one attached hydrogen (secondary N) is 1. The van der Waals surface area contributed by atoms with Crippen molar-refractivity contribution in [3.8, 4) is 0 Å². The number of hydrogen-bond donors (Lipinski definition) is 3. The van der Waals surface area contributed by atoms with Crippen LogP contribution in [0.1, 0.15) is 23.2 Å². The molecule has 6 nitrogen and oxygen atoms in total. The molecule has 1 heterocycles. The van der Waals surface area contributed by atoms with Crippen LogP contribution in [0.2, 0.25) is 0 Å². The van der Waals surface area contributed by atoms with Gasteiger partial charge in [0.15, 0.2) is 0 Å². The molecule has 1 aromatic carbocycles. The molecule has 0 aromatic heterocycles. The third kappa shape index (κ3) is 3.55. The highest BCUT2D eigenvalue weighted by Crippen LogP contribution is 2.16. The van der Waals surface area contributed by atoms with E-state index in [1.54, 1.807) is 24.3 Å². The van der Waals surface area contributed by atoms with Gasteiger partial charge in [-0.25, -0.2) is 0 Å². The highest BCUT2D eigenvalue weighted by Gasteiger charge is 2.24. The van der Waals surface area contributed by atoms with E-state index in [1.807, 2.05) is 0 Å². The van der Waals surface area contributed by atoms with E-state index in [4.69, 9.17) is 11.5 Å². The molecule has 1 saturated heterocycles. The minimum absolute atomic E-state index is 0.0721. The van der Waals surface area contributed by atoms with Crippen molar-refractivity contribution in [3.63, 3.8) is 0 Å². The van der Waals surface area contributed by atoms with Gasteiger partial charge < -0.3 is 16.8 Å². The number of hydrogen-bond acceptors (Lipinski definition) is 4. The summed E-state index contributed by atoms with van der Waals surface area (Å²) in [4.78, 5) is 25.0. The van der Waals surface area contributed by atoms with Gasteiger partial charge >= 0.3 is 0 Å². The summed E-state index contributed by atoms with van der Waals surface area (Å²) in [5.41, 5.74) is 11.9. The summed E-state index contributed by atoms with van der Waals surface area (Å²) in [6.45, 7) is 1.84. The minimum Gasteiger partial charge on any atom is -0.366 e. The van der Waals surface area contributed by atoms with Crippen molar-refractivity contribution < 1.29 is 9.59 Å². The average Bonchev–Trinajstić information content (AvgIpc) is 2.86. The van der Waals surface area contributed by atoms with Crippen LogP contribution < -0.4 is 16.8 Å². The second kappa shape index (κ2) is 6.49. The van der Waals surface area contributed by atoms with Gasteiger partial charge in [0.2, 0.25) is 11.8 Å². The van der Waals surface area contributed by atoms with E-state index in [9.17, 15) is 9.59 Å². The Kier molecular flexibility index (Phi) is 4.70. The maximum absolute atomic E-state index is 12.0. The summed E-state index contributed by atoms with van der Waals surface area (Å²) >= 11 is 0. The van der Waals surface area contributed by atoms with Crippen molar-refractivity contribution in [2.45, 2.75) is 18.9 Å². The van der Waals surface area contributed by atoms with Crippen LogP contribution in [0.3, 0.4) is 0 Å². The number of carbonyl (C=O) groups is 2. The van der Waals surface area contributed by atoms with Gasteiger partial charge in [0.25, 0.3) is 0 Å². The van der Waals surface area contributed by atoms with Gasteiger partial charge in [-0.1, -0.05) is 0 Å². The Balaban J connectivity index is 1.89. The van der Waals surface area contributed by atoms with Crippen molar-refractivity contribution in [1.82, 2.24) is 4.90 Å². The first-order valence-corrected chi connectivity index (χ1v) is 6.74. The molecular weight excluding hydrogens is 256 g/mol. The number of nitrogens with two attached hydrogens (primary N) is 2. The minimum atomic E-state index is -0.481. The highest BCUT2D eigenvalue weighted by atomic mass is 16.2. The van der Waals surface area contributed by atoms with Crippen molar-refractivity contribution in [2.24, 2.45) is 11.5 Å². The fourth-order valence-electron chi connectivity index (χ4n) is 2.47. The second-order valence-corrected chi connectivity index (χ2v) is 4.99. The lowest BCUT2D eigenvalue weighted by Crippen LogP contribution is -2.40. The van der Waals surface area contributed by atoms with Crippen molar-refractivity contribution in [1.29, 1.82) is 0 Å².